The molecular weight excluding hydrogens is 236 g/mol. The molecule has 1 aromatic rings. The van der Waals surface area contributed by atoms with Gasteiger partial charge in [-0.05, 0) is 52.1 Å². The van der Waals surface area contributed by atoms with E-state index in [1.165, 1.54) is 31.2 Å². The van der Waals surface area contributed by atoms with Crippen LogP contribution in [0.5, 0.6) is 0 Å². The average molecular weight is 262 g/mol. The molecular formula is C15H26N4. The third-order valence-corrected chi connectivity index (χ3v) is 5.13. The minimum atomic E-state index is 0.408. The van der Waals surface area contributed by atoms with Crippen LogP contribution in [-0.2, 0) is 7.05 Å². The van der Waals surface area contributed by atoms with Crippen molar-refractivity contribution in [3.8, 4) is 0 Å². The number of nitrogens with one attached hydrogen (secondary N) is 1. The van der Waals surface area contributed by atoms with E-state index in [9.17, 15) is 0 Å². The van der Waals surface area contributed by atoms with Crippen molar-refractivity contribution in [3.63, 3.8) is 0 Å². The van der Waals surface area contributed by atoms with Crippen LogP contribution in [0.4, 0.5) is 0 Å². The molecule has 2 aliphatic heterocycles. The number of piperidine rings is 1. The van der Waals surface area contributed by atoms with Crippen molar-refractivity contribution in [2.75, 3.05) is 13.6 Å². The van der Waals surface area contributed by atoms with Gasteiger partial charge in [0.1, 0.15) is 0 Å². The molecule has 19 heavy (non-hydrogen) atoms. The normalized spacial score (nSPS) is 32.7. The summed E-state index contributed by atoms with van der Waals surface area (Å²) in [5.41, 5.74) is 1.29. The van der Waals surface area contributed by atoms with E-state index in [4.69, 9.17) is 0 Å². The highest BCUT2D eigenvalue weighted by atomic mass is 15.2. The van der Waals surface area contributed by atoms with Crippen LogP contribution in [0.15, 0.2) is 12.4 Å². The van der Waals surface area contributed by atoms with Crippen molar-refractivity contribution in [1.82, 2.24) is 20.0 Å². The van der Waals surface area contributed by atoms with E-state index in [0.717, 1.165) is 24.5 Å². The highest BCUT2D eigenvalue weighted by Gasteiger charge is 2.38. The molecule has 0 aliphatic carbocycles. The Morgan fingerprint density at radius 2 is 2.00 bits per heavy atom. The summed E-state index contributed by atoms with van der Waals surface area (Å²) in [7, 11) is 4.29. The molecule has 0 amide bonds. The average Bonchev–Trinajstić information content (AvgIpc) is 2.88. The van der Waals surface area contributed by atoms with Gasteiger partial charge in [0.05, 0.1) is 6.20 Å². The van der Waals surface area contributed by atoms with Gasteiger partial charge in [-0.2, -0.15) is 5.10 Å². The van der Waals surface area contributed by atoms with Crippen LogP contribution in [0.3, 0.4) is 0 Å². The van der Waals surface area contributed by atoms with Gasteiger partial charge in [0.15, 0.2) is 0 Å². The molecule has 0 saturated carbocycles. The molecule has 2 aliphatic rings. The predicted octanol–water partition coefficient (Wildman–Crippen LogP) is 1.94. The summed E-state index contributed by atoms with van der Waals surface area (Å²) >= 11 is 0. The van der Waals surface area contributed by atoms with Crippen LogP contribution in [0.2, 0.25) is 0 Å². The molecule has 4 nitrogen and oxygen atoms in total. The van der Waals surface area contributed by atoms with E-state index in [1.807, 2.05) is 17.9 Å². The Morgan fingerprint density at radius 1 is 1.32 bits per heavy atom. The molecule has 3 unspecified atom stereocenters. The molecule has 106 valence electrons. The first-order valence-electron chi connectivity index (χ1n) is 7.57. The standard InChI is InChI=1S/C15H26N4/c1-11(13-9-17-18(2)10-13)16-8-12-6-14-4-5-15(7-12)19(14)3/h9-12,14-16H,4-8H2,1-3H3. The lowest BCUT2D eigenvalue weighted by Gasteiger charge is -2.36. The van der Waals surface area contributed by atoms with Gasteiger partial charge >= 0.3 is 0 Å². The summed E-state index contributed by atoms with van der Waals surface area (Å²) < 4.78 is 1.88. The monoisotopic (exact) mass is 262 g/mol. The molecule has 2 bridgehead atoms. The number of hydrogen-bond donors (Lipinski definition) is 1. The number of hydrogen-bond acceptors (Lipinski definition) is 3. The van der Waals surface area contributed by atoms with Gasteiger partial charge in [-0.15, -0.1) is 0 Å². The van der Waals surface area contributed by atoms with Gasteiger partial charge in [0.2, 0.25) is 0 Å². The van der Waals surface area contributed by atoms with Crippen LogP contribution in [-0.4, -0.2) is 40.4 Å². The minimum Gasteiger partial charge on any atom is -0.310 e. The van der Waals surface area contributed by atoms with Crippen LogP contribution in [0.1, 0.15) is 44.2 Å². The van der Waals surface area contributed by atoms with Crippen LogP contribution < -0.4 is 5.32 Å². The van der Waals surface area contributed by atoms with E-state index in [0.29, 0.717) is 6.04 Å². The maximum atomic E-state index is 4.25. The fourth-order valence-electron chi connectivity index (χ4n) is 3.82. The quantitative estimate of drug-likeness (QED) is 0.900. The number of nitrogens with zero attached hydrogens (tertiary/aromatic N) is 3. The van der Waals surface area contributed by atoms with Gasteiger partial charge in [-0.25, -0.2) is 0 Å². The van der Waals surface area contributed by atoms with E-state index in [2.05, 4.69) is 35.5 Å². The third kappa shape index (κ3) is 2.70. The number of aromatic nitrogens is 2. The first kappa shape index (κ1) is 13.1. The van der Waals surface area contributed by atoms with Crippen LogP contribution >= 0.6 is 0 Å². The molecule has 1 N–H and O–H groups in total. The van der Waals surface area contributed by atoms with E-state index in [1.54, 1.807) is 0 Å². The van der Waals surface area contributed by atoms with E-state index in [-0.39, 0.29) is 0 Å². The van der Waals surface area contributed by atoms with Gasteiger partial charge in [0.25, 0.3) is 0 Å². The Kier molecular flexibility index (Phi) is 3.63. The Labute approximate surface area is 116 Å². The Morgan fingerprint density at radius 3 is 2.58 bits per heavy atom. The maximum Gasteiger partial charge on any atom is 0.0537 e. The first-order chi connectivity index (χ1) is 9.13. The zero-order valence-corrected chi connectivity index (χ0v) is 12.3. The molecule has 3 atom stereocenters. The van der Waals surface area contributed by atoms with Crippen molar-refractivity contribution in [2.45, 2.75) is 50.7 Å². The molecule has 2 saturated heterocycles. The molecule has 1 aromatic heterocycles. The maximum absolute atomic E-state index is 4.25. The fourth-order valence-corrected chi connectivity index (χ4v) is 3.82. The highest BCUT2D eigenvalue weighted by molar-refractivity contribution is 5.09. The van der Waals surface area contributed by atoms with Crippen LogP contribution in [0, 0.1) is 5.92 Å². The fraction of sp³-hybridized carbons (Fsp3) is 0.800. The Hall–Kier alpha value is -0.870. The largest absolute Gasteiger partial charge is 0.310 e. The summed E-state index contributed by atoms with van der Waals surface area (Å²) in [6.45, 7) is 3.39. The van der Waals surface area contributed by atoms with Crippen molar-refractivity contribution in [1.29, 1.82) is 0 Å². The molecule has 0 spiro atoms. The van der Waals surface area contributed by atoms with Crippen molar-refractivity contribution in [2.24, 2.45) is 13.0 Å². The number of rotatable bonds is 4. The molecule has 2 fully saturated rings. The molecule has 3 heterocycles. The summed E-state index contributed by atoms with van der Waals surface area (Å²) in [6, 6.07) is 2.10. The molecule has 0 radical (unpaired) electrons. The van der Waals surface area contributed by atoms with Crippen molar-refractivity contribution >= 4 is 0 Å². The lowest BCUT2D eigenvalue weighted by molar-refractivity contribution is 0.131. The zero-order valence-electron chi connectivity index (χ0n) is 12.3. The summed E-state index contributed by atoms with van der Waals surface area (Å²) in [5.74, 6) is 0.854. The Balaban J connectivity index is 1.50. The SMILES string of the molecule is CC(NCC1CC2CCC(C1)N2C)c1cnn(C)c1. The van der Waals surface area contributed by atoms with Gasteiger partial charge in [0, 0.05) is 36.9 Å². The lowest BCUT2D eigenvalue weighted by Crippen LogP contribution is -2.42. The third-order valence-electron chi connectivity index (χ3n) is 5.13. The predicted molar refractivity (Wildman–Crippen MR) is 76.9 cm³/mol. The topological polar surface area (TPSA) is 33.1 Å². The first-order valence-corrected chi connectivity index (χ1v) is 7.57. The molecule has 3 rings (SSSR count). The summed E-state index contributed by atoms with van der Waals surface area (Å²) in [5, 5.41) is 7.94. The van der Waals surface area contributed by atoms with Gasteiger partial charge in [-0.3, -0.25) is 4.68 Å². The summed E-state index contributed by atoms with van der Waals surface area (Å²) in [6.07, 6.45) is 9.65. The van der Waals surface area contributed by atoms with Gasteiger partial charge < -0.3 is 10.2 Å². The number of aryl methyl sites for hydroxylation is 1. The van der Waals surface area contributed by atoms with E-state index < -0.39 is 0 Å². The second kappa shape index (κ2) is 5.25. The van der Waals surface area contributed by atoms with Crippen LogP contribution in [0.25, 0.3) is 0 Å². The van der Waals surface area contributed by atoms with Gasteiger partial charge in [-0.1, -0.05) is 0 Å². The molecule has 0 aromatic carbocycles. The van der Waals surface area contributed by atoms with Crippen molar-refractivity contribution < 1.29 is 0 Å². The second-order valence-electron chi connectivity index (χ2n) is 6.47. The van der Waals surface area contributed by atoms with E-state index >= 15 is 0 Å². The second-order valence-corrected chi connectivity index (χ2v) is 6.47. The minimum absolute atomic E-state index is 0.408. The smallest absolute Gasteiger partial charge is 0.0537 e. The Bertz CT molecular complexity index is 414. The highest BCUT2D eigenvalue weighted by Crippen LogP contribution is 2.37. The number of fused-ring (bicyclic) bond motifs is 2. The van der Waals surface area contributed by atoms with Crippen molar-refractivity contribution in [3.05, 3.63) is 18.0 Å². The molecule has 4 heteroatoms. The lowest BCUT2D eigenvalue weighted by atomic mass is 9.91. The summed E-state index contributed by atoms with van der Waals surface area (Å²) in [4.78, 5) is 2.61. The zero-order chi connectivity index (χ0) is 13.4.